The largest absolute Gasteiger partial charge is 0.486 e. The van der Waals surface area contributed by atoms with Gasteiger partial charge in [-0.15, -0.1) is 0 Å². The van der Waals surface area contributed by atoms with Gasteiger partial charge in [-0.2, -0.15) is 0 Å². The standard InChI is InChI=1S/C21H25NO4/c1-4-18(26-17-7-5-6-14(2)12-17)21(23)22-15(3)16-8-9-19-20(13-16)25-11-10-24-19/h5-9,12-13,15,18H,4,10-11H2,1-3H3,(H,22,23)/t15-,18+/m0/s1. The maximum atomic E-state index is 12.6. The third kappa shape index (κ3) is 4.28. The Morgan fingerprint density at radius 2 is 1.92 bits per heavy atom. The zero-order valence-electron chi connectivity index (χ0n) is 15.5. The molecule has 0 fully saturated rings. The molecule has 138 valence electrons. The highest BCUT2D eigenvalue weighted by Crippen LogP contribution is 2.32. The van der Waals surface area contributed by atoms with Crippen LogP contribution in [0.5, 0.6) is 17.2 Å². The highest BCUT2D eigenvalue weighted by Gasteiger charge is 2.22. The van der Waals surface area contributed by atoms with Crippen LogP contribution in [0.25, 0.3) is 0 Å². The number of carbonyl (C=O) groups is 1. The fourth-order valence-corrected chi connectivity index (χ4v) is 2.89. The van der Waals surface area contributed by atoms with E-state index in [2.05, 4.69) is 5.32 Å². The van der Waals surface area contributed by atoms with Crippen molar-refractivity contribution in [1.29, 1.82) is 0 Å². The fraction of sp³-hybridized carbons (Fsp3) is 0.381. The molecule has 5 heteroatoms. The average Bonchev–Trinajstić information content (AvgIpc) is 2.65. The molecular formula is C21H25NO4. The first-order chi connectivity index (χ1) is 12.6. The number of nitrogens with one attached hydrogen (secondary N) is 1. The lowest BCUT2D eigenvalue weighted by atomic mass is 10.1. The number of hydrogen-bond donors (Lipinski definition) is 1. The second-order valence-corrected chi connectivity index (χ2v) is 6.46. The smallest absolute Gasteiger partial charge is 0.261 e. The van der Waals surface area contributed by atoms with Gasteiger partial charge >= 0.3 is 0 Å². The molecule has 0 spiro atoms. The SMILES string of the molecule is CC[C@@H](Oc1cccc(C)c1)C(=O)N[C@@H](C)c1ccc2c(c1)OCCO2. The molecule has 1 aliphatic rings. The van der Waals surface area contributed by atoms with E-state index in [1.807, 2.05) is 63.2 Å². The van der Waals surface area contributed by atoms with Gasteiger partial charge in [0.1, 0.15) is 19.0 Å². The molecule has 1 N–H and O–H groups in total. The van der Waals surface area contributed by atoms with Crippen molar-refractivity contribution in [3.05, 3.63) is 53.6 Å². The first kappa shape index (κ1) is 18.1. The molecule has 0 radical (unpaired) electrons. The van der Waals surface area contributed by atoms with Crippen molar-refractivity contribution in [3.63, 3.8) is 0 Å². The zero-order chi connectivity index (χ0) is 18.5. The van der Waals surface area contributed by atoms with E-state index in [0.717, 1.165) is 22.6 Å². The fourth-order valence-electron chi connectivity index (χ4n) is 2.89. The van der Waals surface area contributed by atoms with Crippen LogP contribution in [0.1, 0.15) is 37.4 Å². The third-order valence-corrected chi connectivity index (χ3v) is 4.36. The maximum Gasteiger partial charge on any atom is 0.261 e. The molecule has 1 amide bonds. The van der Waals surface area contributed by atoms with Crippen molar-refractivity contribution in [3.8, 4) is 17.2 Å². The molecule has 26 heavy (non-hydrogen) atoms. The topological polar surface area (TPSA) is 56.8 Å². The minimum atomic E-state index is -0.531. The molecular weight excluding hydrogens is 330 g/mol. The Morgan fingerprint density at radius 1 is 1.15 bits per heavy atom. The summed E-state index contributed by atoms with van der Waals surface area (Å²) >= 11 is 0. The van der Waals surface area contributed by atoms with Crippen LogP contribution in [0.2, 0.25) is 0 Å². The summed E-state index contributed by atoms with van der Waals surface area (Å²) in [6, 6.07) is 13.3. The van der Waals surface area contributed by atoms with Crippen LogP contribution >= 0.6 is 0 Å². The molecule has 0 saturated heterocycles. The highest BCUT2D eigenvalue weighted by atomic mass is 16.6. The highest BCUT2D eigenvalue weighted by molar-refractivity contribution is 5.81. The number of hydrogen-bond acceptors (Lipinski definition) is 4. The number of fused-ring (bicyclic) bond motifs is 1. The van der Waals surface area contributed by atoms with E-state index in [1.165, 1.54) is 0 Å². The quantitative estimate of drug-likeness (QED) is 0.856. The summed E-state index contributed by atoms with van der Waals surface area (Å²) in [7, 11) is 0. The second kappa shape index (κ2) is 8.13. The van der Waals surface area contributed by atoms with Crippen molar-refractivity contribution in [2.24, 2.45) is 0 Å². The van der Waals surface area contributed by atoms with Gasteiger partial charge in [0.2, 0.25) is 0 Å². The number of carbonyl (C=O) groups excluding carboxylic acids is 1. The Kier molecular flexibility index (Phi) is 5.66. The summed E-state index contributed by atoms with van der Waals surface area (Å²) in [6.45, 7) is 6.99. The Balaban J connectivity index is 1.65. The van der Waals surface area contributed by atoms with E-state index in [4.69, 9.17) is 14.2 Å². The van der Waals surface area contributed by atoms with E-state index in [0.29, 0.717) is 25.4 Å². The van der Waals surface area contributed by atoms with E-state index >= 15 is 0 Å². The van der Waals surface area contributed by atoms with Crippen molar-refractivity contribution in [2.75, 3.05) is 13.2 Å². The zero-order valence-corrected chi connectivity index (χ0v) is 15.5. The summed E-state index contributed by atoms with van der Waals surface area (Å²) in [4.78, 5) is 12.6. The van der Waals surface area contributed by atoms with Crippen LogP contribution in [0.3, 0.4) is 0 Å². The number of amides is 1. The summed E-state index contributed by atoms with van der Waals surface area (Å²) < 4.78 is 17.0. The lowest BCUT2D eigenvalue weighted by molar-refractivity contribution is -0.128. The number of aryl methyl sites for hydroxylation is 1. The average molecular weight is 355 g/mol. The Labute approximate surface area is 154 Å². The normalized spacial score (nSPS) is 15.0. The molecule has 3 rings (SSSR count). The molecule has 0 unspecified atom stereocenters. The molecule has 2 aromatic rings. The van der Waals surface area contributed by atoms with Crippen molar-refractivity contribution < 1.29 is 19.0 Å². The van der Waals surface area contributed by atoms with E-state index in [-0.39, 0.29) is 11.9 Å². The van der Waals surface area contributed by atoms with Gasteiger partial charge in [0.15, 0.2) is 17.6 Å². The molecule has 1 aliphatic heterocycles. The molecule has 0 aliphatic carbocycles. The van der Waals surface area contributed by atoms with E-state index < -0.39 is 6.10 Å². The lowest BCUT2D eigenvalue weighted by Gasteiger charge is -2.23. The minimum absolute atomic E-state index is 0.128. The molecule has 0 bridgehead atoms. The summed E-state index contributed by atoms with van der Waals surface area (Å²) in [5.74, 6) is 2.04. The molecule has 2 aromatic carbocycles. The molecule has 5 nitrogen and oxygen atoms in total. The van der Waals surface area contributed by atoms with Crippen LogP contribution < -0.4 is 19.5 Å². The summed E-state index contributed by atoms with van der Waals surface area (Å²) in [5, 5.41) is 3.03. The van der Waals surface area contributed by atoms with Crippen LogP contribution in [-0.4, -0.2) is 25.2 Å². The van der Waals surface area contributed by atoms with Gasteiger partial charge in [-0.05, 0) is 55.7 Å². The molecule has 0 aromatic heterocycles. The maximum absolute atomic E-state index is 12.6. The number of rotatable bonds is 6. The summed E-state index contributed by atoms with van der Waals surface area (Å²) in [6.07, 6.45) is 0.0599. The first-order valence-corrected chi connectivity index (χ1v) is 9.00. The third-order valence-electron chi connectivity index (χ3n) is 4.36. The van der Waals surface area contributed by atoms with Crippen LogP contribution in [0, 0.1) is 6.92 Å². The van der Waals surface area contributed by atoms with Gasteiger partial charge in [0.05, 0.1) is 6.04 Å². The predicted octanol–water partition coefficient (Wildman–Crippen LogP) is 3.80. The van der Waals surface area contributed by atoms with Gasteiger partial charge in [-0.3, -0.25) is 4.79 Å². The Hall–Kier alpha value is -2.69. The van der Waals surface area contributed by atoms with Crippen molar-refractivity contribution >= 4 is 5.91 Å². The molecule has 1 heterocycles. The van der Waals surface area contributed by atoms with Gasteiger partial charge in [0.25, 0.3) is 5.91 Å². The monoisotopic (exact) mass is 355 g/mol. The van der Waals surface area contributed by atoms with Gasteiger partial charge < -0.3 is 19.5 Å². The number of benzene rings is 2. The van der Waals surface area contributed by atoms with Crippen molar-refractivity contribution in [2.45, 2.75) is 39.3 Å². The number of ether oxygens (including phenoxy) is 3. The van der Waals surface area contributed by atoms with E-state index in [9.17, 15) is 4.79 Å². The van der Waals surface area contributed by atoms with Gasteiger partial charge in [-0.1, -0.05) is 25.1 Å². The van der Waals surface area contributed by atoms with Crippen LogP contribution in [0.4, 0.5) is 0 Å². The van der Waals surface area contributed by atoms with Crippen molar-refractivity contribution in [1.82, 2.24) is 5.32 Å². The second-order valence-electron chi connectivity index (χ2n) is 6.46. The first-order valence-electron chi connectivity index (χ1n) is 9.00. The predicted molar refractivity (Wildman–Crippen MR) is 99.9 cm³/mol. The van der Waals surface area contributed by atoms with Crippen LogP contribution in [0.15, 0.2) is 42.5 Å². The van der Waals surface area contributed by atoms with Gasteiger partial charge in [-0.25, -0.2) is 0 Å². The minimum Gasteiger partial charge on any atom is -0.486 e. The van der Waals surface area contributed by atoms with Gasteiger partial charge in [0, 0.05) is 0 Å². The van der Waals surface area contributed by atoms with E-state index in [1.54, 1.807) is 0 Å². The molecule has 0 saturated carbocycles. The van der Waals surface area contributed by atoms with Crippen LogP contribution in [-0.2, 0) is 4.79 Å². The lowest BCUT2D eigenvalue weighted by Crippen LogP contribution is -2.39. The summed E-state index contributed by atoms with van der Waals surface area (Å²) in [5.41, 5.74) is 2.07. The Morgan fingerprint density at radius 3 is 2.65 bits per heavy atom. The molecule has 2 atom stereocenters. The Bertz CT molecular complexity index is 774.